The third-order valence-electron chi connectivity index (χ3n) is 3.00. The molecule has 0 aromatic heterocycles. The van der Waals surface area contributed by atoms with E-state index in [9.17, 15) is 4.79 Å². The van der Waals surface area contributed by atoms with Crippen molar-refractivity contribution in [3.63, 3.8) is 0 Å². The fourth-order valence-electron chi connectivity index (χ4n) is 1.84. The van der Waals surface area contributed by atoms with Gasteiger partial charge in [0, 0.05) is 5.56 Å². The summed E-state index contributed by atoms with van der Waals surface area (Å²) in [5, 5.41) is 2.15. The maximum absolute atomic E-state index is 10.7. The van der Waals surface area contributed by atoms with E-state index in [1.165, 1.54) is 0 Å². The van der Waals surface area contributed by atoms with E-state index in [1.54, 1.807) is 0 Å². The van der Waals surface area contributed by atoms with E-state index in [0.29, 0.717) is 12.2 Å². The van der Waals surface area contributed by atoms with E-state index < -0.39 is 0 Å². The summed E-state index contributed by atoms with van der Waals surface area (Å²) in [6.45, 7) is 1.66. The Morgan fingerprint density at radius 2 is 1.74 bits per heavy atom. The first-order valence-corrected chi connectivity index (χ1v) is 6.40. The number of benzene rings is 2. The van der Waals surface area contributed by atoms with Gasteiger partial charge in [-0.05, 0) is 29.0 Å². The Labute approximate surface area is 114 Å². The molecule has 0 bridgehead atoms. The first-order chi connectivity index (χ1) is 8.98. The van der Waals surface area contributed by atoms with Crippen LogP contribution >= 0.6 is 0 Å². The van der Waals surface area contributed by atoms with E-state index in [1.807, 2.05) is 36.4 Å². The lowest BCUT2D eigenvalue weighted by Gasteiger charge is -2.23. The van der Waals surface area contributed by atoms with Crippen molar-refractivity contribution in [2.45, 2.75) is 0 Å². The molecule has 19 heavy (non-hydrogen) atoms. The Morgan fingerprint density at radius 3 is 2.42 bits per heavy atom. The van der Waals surface area contributed by atoms with Gasteiger partial charge in [0.15, 0.2) is 0 Å². The molecule has 0 fully saturated rings. The first-order valence-electron chi connectivity index (χ1n) is 6.40. The van der Waals surface area contributed by atoms with Gasteiger partial charge in [0.25, 0.3) is 0 Å². The molecular weight excluding hydrogens is 238 g/mol. The minimum absolute atomic E-state index is 0.696. The van der Waals surface area contributed by atoms with Crippen LogP contribution in [0.3, 0.4) is 0 Å². The molecule has 0 N–H and O–H groups in total. The third-order valence-corrected chi connectivity index (χ3v) is 3.00. The highest BCUT2D eigenvalue weighted by Gasteiger charge is 2.06. The molecule has 0 unspecified atom stereocenters. The molecule has 0 aliphatic heterocycles. The summed E-state index contributed by atoms with van der Waals surface area (Å²) < 4.78 is 6.65. The van der Waals surface area contributed by atoms with Gasteiger partial charge in [0.2, 0.25) is 0 Å². The standard InChI is InChI=1S/C16H20NO2/c1-17(2,3)8-9-19-16-7-6-14-10-13(12-18)4-5-15(14)11-16/h4-7,10-12H,8-9H2,1-3H3/q+1. The average Bonchev–Trinajstić information content (AvgIpc) is 2.36. The normalized spacial score (nSPS) is 11.5. The van der Waals surface area contributed by atoms with Crippen LogP contribution in [0.25, 0.3) is 10.8 Å². The van der Waals surface area contributed by atoms with Crippen LogP contribution in [0.15, 0.2) is 36.4 Å². The molecular formula is C16H20NO2+. The monoisotopic (exact) mass is 258 g/mol. The van der Waals surface area contributed by atoms with Crippen molar-refractivity contribution < 1.29 is 14.0 Å². The summed E-state index contributed by atoms with van der Waals surface area (Å²) in [4.78, 5) is 10.7. The fourth-order valence-corrected chi connectivity index (χ4v) is 1.84. The van der Waals surface area contributed by atoms with Crippen molar-refractivity contribution in [1.82, 2.24) is 0 Å². The van der Waals surface area contributed by atoms with Gasteiger partial charge in [0.1, 0.15) is 25.2 Å². The van der Waals surface area contributed by atoms with Gasteiger partial charge in [-0.15, -0.1) is 0 Å². The quantitative estimate of drug-likeness (QED) is 0.609. The van der Waals surface area contributed by atoms with E-state index in [-0.39, 0.29) is 0 Å². The van der Waals surface area contributed by atoms with Crippen LogP contribution in [-0.4, -0.2) is 45.1 Å². The molecule has 0 saturated heterocycles. The Hall–Kier alpha value is -1.87. The number of quaternary nitrogens is 1. The maximum atomic E-state index is 10.7. The highest BCUT2D eigenvalue weighted by Crippen LogP contribution is 2.21. The fraction of sp³-hybridized carbons (Fsp3) is 0.312. The number of aldehydes is 1. The number of rotatable bonds is 5. The minimum Gasteiger partial charge on any atom is -0.488 e. The largest absolute Gasteiger partial charge is 0.488 e. The summed E-state index contributed by atoms with van der Waals surface area (Å²) in [5.74, 6) is 0.875. The van der Waals surface area contributed by atoms with Gasteiger partial charge in [0.05, 0.1) is 21.1 Å². The zero-order valence-corrected chi connectivity index (χ0v) is 11.7. The van der Waals surface area contributed by atoms with E-state index in [0.717, 1.165) is 33.8 Å². The Morgan fingerprint density at radius 1 is 1.05 bits per heavy atom. The zero-order valence-electron chi connectivity index (χ0n) is 11.7. The molecule has 2 aromatic carbocycles. The van der Waals surface area contributed by atoms with Crippen LogP contribution in [0.2, 0.25) is 0 Å². The van der Waals surface area contributed by atoms with Gasteiger partial charge in [-0.2, -0.15) is 0 Å². The summed E-state index contributed by atoms with van der Waals surface area (Å²) >= 11 is 0. The predicted molar refractivity (Wildman–Crippen MR) is 77.7 cm³/mol. The molecule has 0 aliphatic rings. The summed E-state index contributed by atoms with van der Waals surface area (Å²) in [5.41, 5.74) is 0.700. The molecule has 2 rings (SSSR count). The first kappa shape index (κ1) is 13.6. The summed E-state index contributed by atoms with van der Waals surface area (Å²) in [6, 6.07) is 11.6. The van der Waals surface area contributed by atoms with Crippen LogP contribution in [0.5, 0.6) is 5.75 Å². The molecule has 0 aliphatic carbocycles. The molecule has 0 spiro atoms. The smallest absolute Gasteiger partial charge is 0.150 e. The average molecular weight is 258 g/mol. The molecule has 0 radical (unpaired) electrons. The highest BCUT2D eigenvalue weighted by molar-refractivity contribution is 5.89. The molecule has 0 atom stereocenters. The van der Waals surface area contributed by atoms with Gasteiger partial charge in [-0.1, -0.05) is 18.2 Å². The van der Waals surface area contributed by atoms with Crippen molar-refractivity contribution in [2.24, 2.45) is 0 Å². The molecule has 0 amide bonds. The van der Waals surface area contributed by atoms with Crippen LogP contribution in [-0.2, 0) is 0 Å². The number of carbonyl (C=O) groups excluding carboxylic acids is 1. The lowest BCUT2D eigenvalue weighted by molar-refractivity contribution is -0.870. The number of carbonyl (C=O) groups is 1. The van der Waals surface area contributed by atoms with Crippen LogP contribution < -0.4 is 4.74 Å². The molecule has 0 heterocycles. The lowest BCUT2D eigenvalue weighted by atomic mass is 10.1. The Balaban J connectivity index is 2.11. The predicted octanol–water partition coefficient (Wildman–Crippen LogP) is 2.74. The van der Waals surface area contributed by atoms with Gasteiger partial charge in [-0.3, -0.25) is 4.79 Å². The van der Waals surface area contributed by atoms with Crippen LogP contribution in [0.4, 0.5) is 0 Å². The van der Waals surface area contributed by atoms with E-state index in [2.05, 4.69) is 21.1 Å². The number of fused-ring (bicyclic) bond motifs is 1. The van der Waals surface area contributed by atoms with Crippen molar-refractivity contribution in [2.75, 3.05) is 34.3 Å². The third kappa shape index (κ3) is 3.80. The SMILES string of the molecule is C[N+](C)(C)CCOc1ccc2cc(C=O)ccc2c1. The molecule has 3 heteroatoms. The number of hydrogen-bond acceptors (Lipinski definition) is 2. The van der Waals surface area contributed by atoms with Crippen LogP contribution in [0.1, 0.15) is 10.4 Å². The van der Waals surface area contributed by atoms with Gasteiger partial charge >= 0.3 is 0 Å². The molecule has 100 valence electrons. The number of nitrogens with zero attached hydrogens (tertiary/aromatic N) is 1. The molecule has 0 saturated carbocycles. The van der Waals surface area contributed by atoms with Gasteiger partial charge in [-0.25, -0.2) is 0 Å². The minimum atomic E-state index is 0.696. The molecule has 3 nitrogen and oxygen atoms in total. The van der Waals surface area contributed by atoms with E-state index >= 15 is 0 Å². The van der Waals surface area contributed by atoms with Crippen molar-refractivity contribution in [3.8, 4) is 5.75 Å². The highest BCUT2D eigenvalue weighted by atomic mass is 16.5. The summed E-state index contributed by atoms with van der Waals surface area (Å²) in [7, 11) is 6.43. The zero-order chi connectivity index (χ0) is 13.9. The Kier molecular flexibility index (Phi) is 3.86. The summed E-state index contributed by atoms with van der Waals surface area (Å²) in [6.07, 6.45) is 0.866. The second kappa shape index (κ2) is 5.41. The molecule has 2 aromatic rings. The van der Waals surface area contributed by atoms with Crippen molar-refractivity contribution in [3.05, 3.63) is 42.0 Å². The van der Waals surface area contributed by atoms with Crippen molar-refractivity contribution in [1.29, 1.82) is 0 Å². The number of hydrogen-bond donors (Lipinski definition) is 0. The van der Waals surface area contributed by atoms with Gasteiger partial charge < -0.3 is 9.22 Å². The van der Waals surface area contributed by atoms with Crippen LogP contribution in [0, 0.1) is 0 Å². The second-order valence-electron chi connectivity index (χ2n) is 5.75. The second-order valence-corrected chi connectivity index (χ2v) is 5.75. The van der Waals surface area contributed by atoms with E-state index in [4.69, 9.17) is 4.74 Å². The number of ether oxygens (including phenoxy) is 1. The van der Waals surface area contributed by atoms with Crippen molar-refractivity contribution >= 4 is 17.1 Å². The Bertz CT molecular complexity index is 585. The number of likely N-dealkylation sites (N-methyl/N-ethyl adjacent to an activating group) is 1. The topological polar surface area (TPSA) is 26.3 Å². The lowest BCUT2D eigenvalue weighted by Crippen LogP contribution is -2.38. The maximum Gasteiger partial charge on any atom is 0.150 e.